The Balaban J connectivity index is 2.50. The standard InChI is InChI=1S/C16H22N2O2/c1-11-7-8-14(10-17)15(9-11)18-13(3)6-4-5-12(2)16(19)20/h7-9,12-13,18H,4-6H2,1-3H3,(H,19,20). The first kappa shape index (κ1) is 16.0. The molecule has 0 aromatic heterocycles. The number of carboxylic acid groups (broad SMARTS) is 1. The van der Waals surface area contributed by atoms with Gasteiger partial charge in [0.1, 0.15) is 6.07 Å². The highest BCUT2D eigenvalue weighted by Crippen LogP contribution is 2.19. The Hall–Kier alpha value is -2.02. The molecule has 0 fully saturated rings. The monoisotopic (exact) mass is 274 g/mol. The lowest BCUT2D eigenvalue weighted by Crippen LogP contribution is -2.17. The molecule has 2 unspecified atom stereocenters. The molecule has 0 heterocycles. The first-order valence-corrected chi connectivity index (χ1v) is 6.94. The van der Waals surface area contributed by atoms with Crippen LogP contribution in [0.3, 0.4) is 0 Å². The molecular formula is C16H22N2O2. The van der Waals surface area contributed by atoms with E-state index in [1.807, 2.05) is 25.1 Å². The fourth-order valence-corrected chi connectivity index (χ4v) is 2.07. The summed E-state index contributed by atoms with van der Waals surface area (Å²) in [6.07, 6.45) is 2.42. The number of carboxylic acids is 1. The second kappa shape index (κ2) is 7.54. The molecule has 2 N–H and O–H groups in total. The summed E-state index contributed by atoms with van der Waals surface area (Å²) >= 11 is 0. The van der Waals surface area contributed by atoms with Crippen molar-refractivity contribution in [2.75, 3.05) is 5.32 Å². The Kier molecular flexibility index (Phi) is 6.05. The van der Waals surface area contributed by atoms with Crippen LogP contribution < -0.4 is 5.32 Å². The van der Waals surface area contributed by atoms with E-state index in [1.54, 1.807) is 6.92 Å². The van der Waals surface area contributed by atoms with Crippen LogP contribution >= 0.6 is 0 Å². The van der Waals surface area contributed by atoms with Gasteiger partial charge in [-0.05, 0) is 44.4 Å². The first-order chi connectivity index (χ1) is 9.43. The molecule has 1 aromatic rings. The molecule has 108 valence electrons. The van der Waals surface area contributed by atoms with Crippen molar-refractivity contribution in [3.05, 3.63) is 29.3 Å². The molecule has 4 heteroatoms. The van der Waals surface area contributed by atoms with Gasteiger partial charge < -0.3 is 10.4 Å². The van der Waals surface area contributed by atoms with Crippen LogP contribution in [0.25, 0.3) is 0 Å². The Morgan fingerprint density at radius 3 is 2.70 bits per heavy atom. The van der Waals surface area contributed by atoms with Crippen molar-refractivity contribution in [1.29, 1.82) is 5.26 Å². The largest absolute Gasteiger partial charge is 0.481 e. The number of aliphatic carboxylic acids is 1. The SMILES string of the molecule is Cc1ccc(C#N)c(NC(C)CCCC(C)C(=O)O)c1. The average Bonchev–Trinajstić information content (AvgIpc) is 2.38. The molecule has 1 aromatic carbocycles. The Labute approximate surface area is 120 Å². The lowest BCUT2D eigenvalue weighted by molar-refractivity contribution is -0.141. The summed E-state index contributed by atoms with van der Waals surface area (Å²) in [6, 6.07) is 8.09. The van der Waals surface area contributed by atoms with Crippen LogP contribution in [-0.4, -0.2) is 17.1 Å². The number of anilines is 1. The number of aryl methyl sites for hydroxylation is 1. The van der Waals surface area contributed by atoms with E-state index in [2.05, 4.69) is 18.3 Å². The van der Waals surface area contributed by atoms with E-state index in [9.17, 15) is 4.79 Å². The van der Waals surface area contributed by atoms with Crippen molar-refractivity contribution < 1.29 is 9.90 Å². The van der Waals surface area contributed by atoms with Crippen LogP contribution in [0.5, 0.6) is 0 Å². The number of benzene rings is 1. The van der Waals surface area contributed by atoms with E-state index in [0.717, 1.165) is 24.1 Å². The highest BCUT2D eigenvalue weighted by atomic mass is 16.4. The smallest absolute Gasteiger partial charge is 0.306 e. The summed E-state index contributed by atoms with van der Waals surface area (Å²) in [5, 5.41) is 21.2. The van der Waals surface area contributed by atoms with Gasteiger partial charge in [0.15, 0.2) is 0 Å². The summed E-state index contributed by atoms with van der Waals surface area (Å²) in [6.45, 7) is 5.77. The first-order valence-electron chi connectivity index (χ1n) is 6.94. The second-order valence-corrected chi connectivity index (χ2v) is 5.38. The van der Waals surface area contributed by atoms with Crippen LogP contribution in [0.2, 0.25) is 0 Å². The van der Waals surface area contributed by atoms with Gasteiger partial charge in [-0.25, -0.2) is 0 Å². The minimum absolute atomic E-state index is 0.213. The summed E-state index contributed by atoms with van der Waals surface area (Å²) in [7, 11) is 0. The molecule has 0 aliphatic rings. The van der Waals surface area contributed by atoms with Crippen molar-refractivity contribution in [1.82, 2.24) is 0 Å². The second-order valence-electron chi connectivity index (χ2n) is 5.38. The maximum absolute atomic E-state index is 10.7. The van der Waals surface area contributed by atoms with Crippen molar-refractivity contribution >= 4 is 11.7 Å². The third-order valence-electron chi connectivity index (χ3n) is 3.39. The molecular weight excluding hydrogens is 252 g/mol. The van der Waals surface area contributed by atoms with Gasteiger partial charge in [0.2, 0.25) is 0 Å². The number of carbonyl (C=O) groups is 1. The zero-order chi connectivity index (χ0) is 15.1. The minimum Gasteiger partial charge on any atom is -0.481 e. The predicted molar refractivity (Wildman–Crippen MR) is 79.6 cm³/mol. The number of nitrogens with one attached hydrogen (secondary N) is 1. The van der Waals surface area contributed by atoms with Gasteiger partial charge in [0.25, 0.3) is 0 Å². The third kappa shape index (κ3) is 4.93. The molecule has 20 heavy (non-hydrogen) atoms. The fraction of sp³-hybridized carbons (Fsp3) is 0.500. The highest BCUT2D eigenvalue weighted by molar-refractivity contribution is 5.69. The van der Waals surface area contributed by atoms with Gasteiger partial charge in [-0.15, -0.1) is 0 Å². The summed E-state index contributed by atoms with van der Waals surface area (Å²) in [5.41, 5.74) is 2.60. The number of nitriles is 1. The molecule has 2 atom stereocenters. The summed E-state index contributed by atoms with van der Waals surface area (Å²) < 4.78 is 0. The van der Waals surface area contributed by atoms with E-state index < -0.39 is 5.97 Å². The van der Waals surface area contributed by atoms with Crippen LogP contribution in [0, 0.1) is 24.2 Å². The zero-order valence-electron chi connectivity index (χ0n) is 12.3. The molecule has 1 rings (SSSR count). The number of hydrogen-bond acceptors (Lipinski definition) is 3. The van der Waals surface area contributed by atoms with E-state index in [4.69, 9.17) is 10.4 Å². The van der Waals surface area contributed by atoms with Gasteiger partial charge in [0, 0.05) is 6.04 Å². The molecule has 0 saturated heterocycles. The molecule has 4 nitrogen and oxygen atoms in total. The number of rotatable bonds is 7. The van der Waals surface area contributed by atoms with Crippen molar-refractivity contribution in [2.45, 2.75) is 46.1 Å². The topological polar surface area (TPSA) is 73.1 Å². The van der Waals surface area contributed by atoms with Gasteiger partial charge in [-0.1, -0.05) is 19.4 Å². The molecule has 0 aliphatic heterocycles. The quantitative estimate of drug-likeness (QED) is 0.797. The lowest BCUT2D eigenvalue weighted by atomic mass is 10.0. The summed E-state index contributed by atoms with van der Waals surface area (Å²) in [5.74, 6) is -1.04. The Bertz CT molecular complexity index is 506. The normalized spacial score (nSPS) is 13.3. The Morgan fingerprint density at radius 1 is 1.40 bits per heavy atom. The zero-order valence-corrected chi connectivity index (χ0v) is 12.3. The van der Waals surface area contributed by atoms with E-state index in [-0.39, 0.29) is 12.0 Å². The van der Waals surface area contributed by atoms with Crippen LogP contribution in [0.1, 0.15) is 44.2 Å². The molecule has 0 saturated carbocycles. The highest BCUT2D eigenvalue weighted by Gasteiger charge is 2.12. The van der Waals surface area contributed by atoms with Crippen molar-refractivity contribution in [3.8, 4) is 6.07 Å². The van der Waals surface area contributed by atoms with E-state index in [1.165, 1.54) is 0 Å². The van der Waals surface area contributed by atoms with E-state index in [0.29, 0.717) is 12.0 Å². The maximum Gasteiger partial charge on any atom is 0.306 e. The van der Waals surface area contributed by atoms with Gasteiger partial charge in [0.05, 0.1) is 17.2 Å². The maximum atomic E-state index is 10.7. The van der Waals surface area contributed by atoms with Crippen LogP contribution in [-0.2, 0) is 4.79 Å². The average molecular weight is 274 g/mol. The molecule has 0 spiro atoms. The molecule has 0 amide bonds. The fourth-order valence-electron chi connectivity index (χ4n) is 2.07. The predicted octanol–water partition coefficient (Wildman–Crippen LogP) is 3.56. The minimum atomic E-state index is -0.740. The van der Waals surface area contributed by atoms with Gasteiger partial charge in [-0.2, -0.15) is 5.26 Å². The molecule has 0 radical (unpaired) electrons. The molecule has 0 aliphatic carbocycles. The van der Waals surface area contributed by atoms with Crippen LogP contribution in [0.15, 0.2) is 18.2 Å². The van der Waals surface area contributed by atoms with Gasteiger partial charge >= 0.3 is 5.97 Å². The van der Waals surface area contributed by atoms with Crippen molar-refractivity contribution in [2.24, 2.45) is 5.92 Å². The van der Waals surface area contributed by atoms with Crippen LogP contribution in [0.4, 0.5) is 5.69 Å². The van der Waals surface area contributed by atoms with Gasteiger partial charge in [-0.3, -0.25) is 4.79 Å². The Morgan fingerprint density at radius 2 is 2.10 bits per heavy atom. The van der Waals surface area contributed by atoms with Crippen molar-refractivity contribution in [3.63, 3.8) is 0 Å². The number of hydrogen-bond donors (Lipinski definition) is 2. The third-order valence-corrected chi connectivity index (χ3v) is 3.39. The van der Waals surface area contributed by atoms with E-state index >= 15 is 0 Å². The number of nitrogens with zero attached hydrogens (tertiary/aromatic N) is 1. The lowest BCUT2D eigenvalue weighted by Gasteiger charge is -2.17. The molecule has 0 bridgehead atoms. The summed E-state index contributed by atoms with van der Waals surface area (Å²) in [4.78, 5) is 10.7.